The van der Waals surface area contributed by atoms with Crippen molar-refractivity contribution in [2.75, 3.05) is 20.1 Å². The van der Waals surface area contributed by atoms with Crippen LogP contribution in [0.15, 0.2) is 28.7 Å². The lowest BCUT2D eigenvalue weighted by Crippen LogP contribution is -2.40. The van der Waals surface area contributed by atoms with E-state index in [0.29, 0.717) is 5.56 Å². The molecular formula is C13H17BrN2O4. The highest BCUT2D eigenvalue weighted by molar-refractivity contribution is 9.10. The number of halogens is 1. The minimum atomic E-state index is -0.971. The molecule has 0 heterocycles. The van der Waals surface area contributed by atoms with E-state index < -0.39 is 18.1 Å². The topological polar surface area (TPSA) is 89.9 Å². The van der Waals surface area contributed by atoms with E-state index in [9.17, 15) is 14.7 Å². The van der Waals surface area contributed by atoms with Crippen molar-refractivity contribution >= 4 is 27.9 Å². The Bertz CT molecular complexity index is 481. The zero-order valence-corrected chi connectivity index (χ0v) is 12.6. The standard InChI is InChI=1S/C13H17BrN2O4/c1-16(13(20)15-7-6-12(18)19)8-11(17)9-4-2-3-5-10(9)14/h2-5,11,17H,6-8H2,1H3,(H,15,20)(H,18,19). The summed E-state index contributed by atoms with van der Waals surface area (Å²) < 4.78 is 0.771. The fraction of sp³-hybridized carbons (Fsp3) is 0.385. The van der Waals surface area contributed by atoms with Crippen molar-refractivity contribution in [2.45, 2.75) is 12.5 Å². The quantitative estimate of drug-likeness (QED) is 0.731. The number of rotatable bonds is 6. The van der Waals surface area contributed by atoms with Gasteiger partial charge in [0.25, 0.3) is 0 Å². The maximum absolute atomic E-state index is 11.7. The van der Waals surface area contributed by atoms with Crippen LogP contribution in [0.3, 0.4) is 0 Å². The monoisotopic (exact) mass is 344 g/mol. The average Bonchev–Trinajstić information content (AvgIpc) is 2.38. The first-order chi connectivity index (χ1) is 9.41. The second-order valence-corrected chi connectivity index (χ2v) is 5.15. The molecule has 20 heavy (non-hydrogen) atoms. The zero-order valence-electron chi connectivity index (χ0n) is 11.0. The molecule has 0 spiro atoms. The maximum Gasteiger partial charge on any atom is 0.317 e. The van der Waals surface area contributed by atoms with Gasteiger partial charge in [0.05, 0.1) is 19.1 Å². The van der Waals surface area contributed by atoms with Gasteiger partial charge in [0, 0.05) is 18.1 Å². The summed E-state index contributed by atoms with van der Waals surface area (Å²) >= 11 is 3.34. The Kier molecular flexibility index (Phi) is 6.47. The van der Waals surface area contributed by atoms with Crippen LogP contribution in [0.4, 0.5) is 4.79 Å². The van der Waals surface area contributed by atoms with Gasteiger partial charge in [-0.25, -0.2) is 4.79 Å². The van der Waals surface area contributed by atoms with Crippen LogP contribution >= 0.6 is 15.9 Å². The van der Waals surface area contributed by atoms with Crippen molar-refractivity contribution in [3.63, 3.8) is 0 Å². The Labute approximate surface area is 125 Å². The molecule has 1 unspecified atom stereocenters. The molecule has 2 amide bonds. The number of aliphatic carboxylic acids is 1. The van der Waals surface area contributed by atoms with Crippen LogP contribution in [0.2, 0.25) is 0 Å². The number of amides is 2. The number of aliphatic hydroxyl groups excluding tert-OH is 1. The molecule has 1 aromatic carbocycles. The van der Waals surface area contributed by atoms with E-state index in [4.69, 9.17) is 5.11 Å². The van der Waals surface area contributed by atoms with Crippen LogP contribution in [0.1, 0.15) is 18.1 Å². The summed E-state index contributed by atoms with van der Waals surface area (Å²) in [5.41, 5.74) is 0.692. The summed E-state index contributed by atoms with van der Waals surface area (Å²) in [4.78, 5) is 23.3. The van der Waals surface area contributed by atoms with Crippen molar-refractivity contribution in [1.82, 2.24) is 10.2 Å². The van der Waals surface area contributed by atoms with Crippen LogP contribution in [-0.4, -0.2) is 47.3 Å². The summed E-state index contributed by atoms with van der Waals surface area (Å²) in [6.07, 6.45) is -0.951. The first-order valence-corrected chi connectivity index (χ1v) is 6.84. The second-order valence-electron chi connectivity index (χ2n) is 4.29. The number of urea groups is 1. The smallest absolute Gasteiger partial charge is 0.317 e. The number of nitrogens with one attached hydrogen (secondary N) is 1. The predicted octanol–water partition coefficient (Wildman–Crippen LogP) is 1.60. The Balaban J connectivity index is 2.49. The summed E-state index contributed by atoms with van der Waals surface area (Å²) in [5.74, 6) is -0.971. The third kappa shape index (κ3) is 5.18. The van der Waals surface area contributed by atoms with Gasteiger partial charge in [-0.15, -0.1) is 0 Å². The van der Waals surface area contributed by atoms with Crippen molar-refractivity contribution in [2.24, 2.45) is 0 Å². The van der Waals surface area contributed by atoms with Crippen molar-refractivity contribution in [1.29, 1.82) is 0 Å². The molecule has 1 rings (SSSR count). The molecule has 1 aromatic rings. The van der Waals surface area contributed by atoms with E-state index in [-0.39, 0.29) is 19.5 Å². The molecule has 0 saturated heterocycles. The van der Waals surface area contributed by atoms with Crippen molar-refractivity contribution in [3.05, 3.63) is 34.3 Å². The highest BCUT2D eigenvalue weighted by Gasteiger charge is 2.16. The molecule has 0 fully saturated rings. The second kappa shape index (κ2) is 7.86. The zero-order chi connectivity index (χ0) is 15.1. The van der Waals surface area contributed by atoms with Crippen LogP contribution < -0.4 is 5.32 Å². The van der Waals surface area contributed by atoms with Gasteiger partial charge in [0.1, 0.15) is 0 Å². The van der Waals surface area contributed by atoms with E-state index in [1.807, 2.05) is 12.1 Å². The lowest BCUT2D eigenvalue weighted by Gasteiger charge is -2.22. The number of likely N-dealkylation sites (N-methyl/N-ethyl adjacent to an activating group) is 1. The fourth-order valence-corrected chi connectivity index (χ4v) is 2.15. The van der Waals surface area contributed by atoms with Gasteiger partial charge in [-0.3, -0.25) is 4.79 Å². The summed E-state index contributed by atoms with van der Waals surface area (Å²) in [5, 5.41) is 21.0. The van der Waals surface area contributed by atoms with Gasteiger partial charge in [0.15, 0.2) is 0 Å². The third-order valence-corrected chi connectivity index (χ3v) is 3.39. The predicted molar refractivity (Wildman–Crippen MR) is 77.4 cm³/mol. The van der Waals surface area contributed by atoms with Crippen LogP contribution in [-0.2, 0) is 4.79 Å². The van der Waals surface area contributed by atoms with Gasteiger partial charge in [0.2, 0.25) is 0 Å². The number of carbonyl (C=O) groups is 2. The first kappa shape index (κ1) is 16.5. The van der Waals surface area contributed by atoms with E-state index in [2.05, 4.69) is 21.2 Å². The van der Waals surface area contributed by atoms with Crippen LogP contribution in [0.25, 0.3) is 0 Å². The van der Waals surface area contributed by atoms with E-state index >= 15 is 0 Å². The van der Waals surface area contributed by atoms with Crippen molar-refractivity contribution < 1.29 is 19.8 Å². The Morgan fingerprint density at radius 1 is 1.40 bits per heavy atom. The number of benzene rings is 1. The Hall–Kier alpha value is -1.60. The lowest BCUT2D eigenvalue weighted by atomic mass is 10.1. The molecule has 110 valence electrons. The first-order valence-electron chi connectivity index (χ1n) is 6.05. The number of carboxylic acids is 1. The largest absolute Gasteiger partial charge is 0.481 e. The number of hydrogen-bond donors (Lipinski definition) is 3. The van der Waals surface area contributed by atoms with Gasteiger partial charge in [-0.1, -0.05) is 34.1 Å². The van der Waals surface area contributed by atoms with Gasteiger partial charge >= 0.3 is 12.0 Å². The van der Waals surface area contributed by atoms with E-state index in [1.54, 1.807) is 12.1 Å². The van der Waals surface area contributed by atoms with E-state index in [0.717, 1.165) is 4.47 Å². The number of nitrogens with zero attached hydrogens (tertiary/aromatic N) is 1. The lowest BCUT2D eigenvalue weighted by molar-refractivity contribution is -0.136. The SMILES string of the molecule is CN(CC(O)c1ccccc1Br)C(=O)NCCC(=O)O. The summed E-state index contributed by atoms with van der Waals surface area (Å²) in [7, 11) is 1.54. The van der Waals surface area contributed by atoms with Crippen LogP contribution in [0, 0.1) is 0 Å². The number of carbonyl (C=O) groups excluding carboxylic acids is 1. The average molecular weight is 345 g/mol. The van der Waals surface area contributed by atoms with Crippen LogP contribution in [0.5, 0.6) is 0 Å². The van der Waals surface area contributed by atoms with Gasteiger partial charge in [-0.05, 0) is 11.6 Å². The summed E-state index contributed by atoms with van der Waals surface area (Å²) in [6.45, 7) is 0.172. The highest BCUT2D eigenvalue weighted by Crippen LogP contribution is 2.23. The minimum Gasteiger partial charge on any atom is -0.481 e. The highest BCUT2D eigenvalue weighted by atomic mass is 79.9. The molecule has 7 heteroatoms. The van der Waals surface area contributed by atoms with Gasteiger partial charge < -0.3 is 20.4 Å². The fourth-order valence-electron chi connectivity index (χ4n) is 1.60. The molecule has 0 aliphatic rings. The number of hydrogen-bond acceptors (Lipinski definition) is 3. The van der Waals surface area contributed by atoms with Crippen molar-refractivity contribution in [3.8, 4) is 0 Å². The molecule has 0 aromatic heterocycles. The Morgan fingerprint density at radius 2 is 2.05 bits per heavy atom. The minimum absolute atomic E-state index is 0.0592. The molecule has 0 aliphatic carbocycles. The maximum atomic E-state index is 11.7. The van der Waals surface area contributed by atoms with Gasteiger partial charge in [-0.2, -0.15) is 0 Å². The third-order valence-electron chi connectivity index (χ3n) is 2.67. The molecule has 0 bridgehead atoms. The molecule has 0 radical (unpaired) electrons. The number of aliphatic hydroxyl groups is 1. The van der Waals surface area contributed by atoms with E-state index in [1.165, 1.54) is 11.9 Å². The molecule has 1 atom stereocenters. The molecule has 0 saturated carbocycles. The normalized spacial score (nSPS) is 11.8. The number of carboxylic acid groups (broad SMARTS) is 1. The Morgan fingerprint density at radius 3 is 2.65 bits per heavy atom. The molecule has 0 aliphatic heterocycles. The molecule has 3 N–H and O–H groups in total. The summed E-state index contributed by atoms with van der Waals surface area (Å²) in [6, 6.07) is 6.80. The molecular weight excluding hydrogens is 328 g/mol. The molecule has 6 nitrogen and oxygen atoms in total.